The largest absolute Gasteiger partial charge is 0.326 e. The molecule has 2 rings (SSSR count). The van der Waals surface area contributed by atoms with Gasteiger partial charge in [-0.1, -0.05) is 12.1 Å². The minimum absolute atomic E-state index is 0.259. The fraction of sp³-hybridized carbons (Fsp3) is 0.0909. The number of nitrogens with one attached hydrogen (secondary N) is 3. The molecule has 1 aromatic carbocycles. The molecule has 0 aliphatic carbocycles. The minimum atomic E-state index is -4.09. The molecule has 20 heavy (non-hydrogen) atoms. The van der Waals surface area contributed by atoms with Crippen molar-refractivity contribution in [2.45, 2.75) is 11.4 Å². The van der Waals surface area contributed by atoms with E-state index < -0.39 is 26.2 Å². The van der Waals surface area contributed by atoms with Gasteiger partial charge in [0.15, 0.2) is 4.90 Å². The summed E-state index contributed by atoms with van der Waals surface area (Å²) >= 11 is 0. The van der Waals surface area contributed by atoms with E-state index in [2.05, 4.69) is 9.71 Å². The first kappa shape index (κ1) is 14.0. The van der Waals surface area contributed by atoms with Gasteiger partial charge in [-0.05, 0) is 17.7 Å². The lowest BCUT2D eigenvalue weighted by atomic mass is 10.2. The molecule has 1 aromatic heterocycles. The Morgan fingerprint density at radius 3 is 2.65 bits per heavy atom. The summed E-state index contributed by atoms with van der Waals surface area (Å²) in [6, 6.07) is 6.45. The van der Waals surface area contributed by atoms with Gasteiger partial charge >= 0.3 is 5.69 Å². The Labute approximate surface area is 113 Å². The highest BCUT2D eigenvalue weighted by atomic mass is 32.2. The second-order valence-electron chi connectivity index (χ2n) is 3.95. The van der Waals surface area contributed by atoms with E-state index in [4.69, 9.17) is 5.73 Å². The van der Waals surface area contributed by atoms with E-state index in [0.29, 0.717) is 0 Å². The number of nitrogens with two attached hydrogens (primary N) is 1. The third-order valence-electron chi connectivity index (χ3n) is 2.49. The summed E-state index contributed by atoms with van der Waals surface area (Å²) < 4.78 is 26.3. The number of sulfonamides is 1. The predicted molar refractivity (Wildman–Crippen MR) is 72.8 cm³/mol. The fourth-order valence-electron chi connectivity index (χ4n) is 1.57. The van der Waals surface area contributed by atoms with Gasteiger partial charge in [0.1, 0.15) is 0 Å². The summed E-state index contributed by atoms with van der Waals surface area (Å²) in [4.78, 5) is 25.7. The van der Waals surface area contributed by atoms with E-state index in [0.717, 1.165) is 11.8 Å². The smallest absolute Gasteiger partial charge is 0.325 e. The van der Waals surface area contributed by atoms with E-state index in [9.17, 15) is 18.0 Å². The van der Waals surface area contributed by atoms with Crippen molar-refractivity contribution in [2.24, 2.45) is 5.73 Å². The molecule has 5 N–H and O–H groups in total. The van der Waals surface area contributed by atoms with E-state index in [1.165, 1.54) is 6.07 Å². The van der Waals surface area contributed by atoms with Crippen LogP contribution in [0.1, 0.15) is 5.56 Å². The van der Waals surface area contributed by atoms with Crippen molar-refractivity contribution in [1.29, 1.82) is 0 Å². The van der Waals surface area contributed by atoms with Gasteiger partial charge in [-0.15, -0.1) is 0 Å². The average Bonchev–Trinajstić information content (AvgIpc) is 2.37. The molecule has 1 heterocycles. The number of H-pyrrole nitrogens is 2. The predicted octanol–water partition coefficient (Wildman–Crippen LogP) is -0.677. The van der Waals surface area contributed by atoms with E-state index in [-0.39, 0.29) is 12.2 Å². The number of hydrogen-bond donors (Lipinski definition) is 4. The SMILES string of the molecule is NCc1cccc(NS(=O)(=O)c2c[nH]c(=O)[nH]c2=O)c1. The molecule has 0 amide bonds. The number of hydrogen-bond acceptors (Lipinski definition) is 5. The number of rotatable bonds is 4. The molecule has 0 radical (unpaired) electrons. The van der Waals surface area contributed by atoms with Crippen LogP contribution in [-0.2, 0) is 16.6 Å². The maximum absolute atomic E-state index is 12.0. The molecular weight excluding hydrogens is 284 g/mol. The number of aromatic nitrogens is 2. The van der Waals surface area contributed by atoms with Gasteiger partial charge in [0, 0.05) is 18.4 Å². The quantitative estimate of drug-likeness (QED) is 0.592. The topological polar surface area (TPSA) is 138 Å². The lowest BCUT2D eigenvalue weighted by Crippen LogP contribution is -2.29. The van der Waals surface area contributed by atoms with Crippen LogP contribution < -0.4 is 21.7 Å². The van der Waals surface area contributed by atoms with Crippen molar-refractivity contribution in [2.75, 3.05) is 4.72 Å². The van der Waals surface area contributed by atoms with Crippen LogP contribution in [0, 0.1) is 0 Å². The third kappa shape index (κ3) is 2.95. The Hall–Kier alpha value is -2.39. The first-order chi connectivity index (χ1) is 9.42. The molecule has 0 unspecified atom stereocenters. The van der Waals surface area contributed by atoms with Crippen LogP contribution in [0.5, 0.6) is 0 Å². The van der Waals surface area contributed by atoms with Crippen LogP contribution >= 0.6 is 0 Å². The van der Waals surface area contributed by atoms with Crippen molar-refractivity contribution in [1.82, 2.24) is 9.97 Å². The van der Waals surface area contributed by atoms with Crippen LogP contribution in [0.3, 0.4) is 0 Å². The highest BCUT2D eigenvalue weighted by Crippen LogP contribution is 2.14. The van der Waals surface area contributed by atoms with Gasteiger partial charge in [-0.25, -0.2) is 13.2 Å². The van der Waals surface area contributed by atoms with Gasteiger partial charge in [0.05, 0.1) is 0 Å². The molecule has 0 bridgehead atoms. The van der Waals surface area contributed by atoms with E-state index in [1.54, 1.807) is 18.2 Å². The van der Waals surface area contributed by atoms with E-state index in [1.807, 2.05) is 4.98 Å². The lowest BCUT2D eigenvalue weighted by Gasteiger charge is -2.08. The number of aromatic amines is 2. The fourth-order valence-corrected chi connectivity index (χ4v) is 2.63. The van der Waals surface area contributed by atoms with E-state index >= 15 is 0 Å². The van der Waals surface area contributed by atoms with Crippen LogP contribution in [0.4, 0.5) is 5.69 Å². The zero-order valence-corrected chi connectivity index (χ0v) is 11.0. The van der Waals surface area contributed by atoms with Gasteiger partial charge < -0.3 is 10.7 Å². The van der Waals surface area contributed by atoms with Gasteiger partial charge in [-0.3, -0.25) is 14.5 Å². The highest BCUT2D eigenvalue weighted by Gasteiger charge is 2.18. The molecule has 2 aromatic rings. The van der Waals surface area contributed by atoms with Crippen molar-refractivity contribution < 1.29 is 8.42 Å². The summed E-state index contributed by atoms with van der Waals surface area (Å²) in [5.41, 5.74) is 4.71. The monoisotopic (exact) mass is 296 g/mol. The molecule has 0 fully saturated rings. The standard InChI is InChI=1S/C11H12N4O4S/c12-5-7-2-1-3-8(4-7)15-20(18,19)9-6-13-11(17)14-10(9)16/h1-4,6,15H,5,12H2,(H2,13,14,16,17). The molecule has 106 valence electrons. The second-order valence-corrected chi connectivity index (χ2v) is 5.60. The van der Waals surface area contributed by atoms with Crippen molar-refractivity contribution in [3.63, 3.8) is 0 Å². The van der Waals surface area contributed by atoms with Crippen LogP contribution in [0.25, 0.3) is 0 Å². The van der Waals surface area contributed by atoms with Gasteiger partial charge in [0.25, 0.3) is 15.6 Å². The number of benzene rings is 1. The number of anilines is 1. The Morgan fingerprint density at radius 1 is 1.25 bits per heavy atom. The highest BCUT2D eigenvalue weighted by molar-refractivity contribution is 7.92. The average molecular weight is 296 g/mol. The molecule has 9 heteroatoms. The van der Waals surface area contributed by atoms with Gasteiger partial charge in [-0.2, -0.15) is 0 Å². The molecule has 0 saturated heterocycles. The second kappa shape index (κ2) is 5.31. The zero-order valence-electron chi connectivity index (χ0n) is 10.2. The summed E-state index contributed by atoms with van der Waals surface area (Å²) in [5.74, 6) is 0. The lowest BCUT2D eigenvalue weighted by molar-refractivity contribution is 0.599. The summed E-state index contributed by atoms with van der Waals surface area (Å²) in [5, 5.41) is 0. The maximum Gasteiger partial charge on any atom is 0.325 e. The Kier molecular flexibility index (Phi) is 3.72. The summed E-state index contributed by atoms with van der Waals surface area (Å²) in [6.45, 7) is 0.259. The first-order valence-electron chi connectivity index (χ1n) is 5.56. The summed E-state index contributed by atoms with van der Waals surface area (Å²) in [6.07, 6.45) is 0.844. The molecule has 8 nitrogen and oxygen atoms in total. The Bertz CT molecular complexity index is 838. The maximum atomic E-state index is 12.0. The van der Waals surface area contributed by atoms with Crippen molar-refractivity contribution >= 4 is 15.7 Å². The third-order valence-corrected chi connectivity index (χ3v) is 3.88. The molecule has 0 aliphatic rings. The Morgan fingerprint density at radius 2 is 2.00 bits per heavy atom. The van der Waals surface area contributed by atoms with Crippen LogP contribution in [0.15, 0.2) is 44.9 Å². The summed E-state index contributed by atoms with van der Waals surface area (Å²) in [7, 11) is -4.09. The zero-order chi connectivity index (χ0) is 14.8. The van der Waals surface area contributed by atoms with Gasteiger partial charge in [0.2, 0.25) is 0 Å². The Balaban J connectivity index is 2.40. The van der Waals surface area contributed by atoms with Crippen LogP contribution in [-0.4, -0.2) is 18.4 Å². The van der Waals surface area contributed by atoms with Crippen molar-refractivity contribution in [3.05, 3.63) is 56.9 Å². The molecule has 0 spiro atoms. The normalized spacial score (nSPS) is 11.2. The molecule has 0 atom stereocenters. The first-order valence-corrected chi connectivity index (χ1v) is 7.04. The molecule has 0 aliphatic heterocycles. The molecular formula is C11H12N4O4S. The van der Waals surface area contributed by atoms with Crippen molar-refractivity contribution in [3.8, 4) is 0 Å². The minimum Gasteiger partial charge on any atom is -0.326 e. The molecule has 0 saturated carbocycles. The van der Waals surface area contributed by atoms with Crippen LogP contribution in [0.2, 0.25) is 0 Å².